The van der Waals surface area contributed by atoms with Crippen LogP contribution in [0.15, 0.2) is 54.6 Å². The van der Waals surface area contributed by atoms with Crippen molar-refractivity contribution in [3.8, 4) is 5.75 Å². The Morgan fingerprint density at radius 1 is 1.03 bits per heavy atom. The Morgan fingerprint density at radius 3 is 2.34 bits per heavy atom. The Labute approximate surface area is 206 Å². The number of anilines is 2. The van der Waals surface area contributed by atoms with Gasteiger partial charge in [0.05, 0.1) is 13.8 Å². The molecule has 4 amide bonds. The molecule has 2 fully saturated rings. The van der Waals surface area contributed by atoms with E-state index in [-0.39, 0.29) is 24.4 Å². The second-order valence-corrected chi connectivity index (χ2v) is 8.94. The summed E-state index contributed by atoms with van der Waals surface area (Å²) in [6, 6.07) is 16.8. The minimum atomic E-state index is -0.775. The number of ether oxygens (including phenoxy) is 1. The van der Waals surface area contributed by atoms with E-state index < -0.39 is 5.54 Å². The first-order valence-electron chi connectivity index (χ1n) is 12.1. The summed E-state index contributed by atoms with van der Waals surface area (Å²) < 4.78 is 5.16. The fourth-order valence-corrected chi connectivity index (χ4v) is 4.77. The van der Waals surface area contributed by atoms with Gasteiger partial charge < -0.3 is 30.1 Å². The molecule has 2 aliphatic rings. The largest absolute Gasteiger partial charge is 0.497 e. The van der Waals surface area contributed by atoms with Crippen molar-refractivity contribution in [2.45, 2.75) is 31.7 Å². The van der Waals surface area contributed by atoms with Crippen LogP contribution in [0, 0.1) is 0 Å². The van der Waals surface area contributed by atoms with Crippen molar-refractivity contribution in [1.82, 2.24) is 15.1 Å². The van der Waals surface area contributed by atoms with Crippen molar-refractivity contribution in [1.29, 1.82) is 0 Å². The third kappa shape index (κ3) is 5.18. The number of carbonyl (C=O) groups is 3. The van der Waals surface area contributed by atoms with Gasteiger partial charge in [-0.15, -0.1) is 0 Å². The molecule has 2 saturated heterocycles. The molecule has 9 nitrogen and oxygen atoms in total. The van der Waals surface area contributed by atoms with Crippen molar-refractivity contribution in [2.24, 2.45) is 0 Å². The Bertz CT molecular complexity index is 1040. The summed E-state index contributed by atoms with van der Waals surface area (Å²) in [4.78, 5) is 44.4. The molecule has 0 atom stereocenters. The molecule has 4 rings (SSSR count). The normalized spacial score (nSPS) is 17.0. The molecule has 2 aromatic carbocycles. The van der Waals surface area contributed by atoms with Crippen LogP contribution in [0.5, 0.6) is 5.75 Å². The van der Waals surface area contributed by atoms with Crippen molar-refractivity contribution < 1.29 is 19.1 Å². The molecule has 2 aliphatic heterocycles. The van der Waals surface area contributed by atoms with Crippen LogP contribution in [-0.4, -0.2) is 73.1 Å². The van der Waals surface area contributed by atoms with Gasteiger partial charge in [0.1, 0.15) is 17.8 Å². The van der Waals surface area contributed by atoms with Crippen LogP contribution in [0.1, 0.15) is 26.2 Å². The first kappa shape index (κ1) is 24.4. The van der Waals surface area contributed by atoms with Gasteiger partial charge in [0.2, 0.25) is 5.91 Å². The van der Waals surface area contributed by atoms with Gasteiger partial charge in [0.25, 0.3) is 5.91 Å². The molecule has 0 unspecified atom stereocenters. The number of nitrogens with one attached hydrogen (secondary N) is 2. The number of amides is 4. The molecule has 9 heteroatoms. The van der Waals surface area contributed by atoms with Crippen LogP contribution in [0.25, 0.3) is 0 Å². The van der Waals surface area contributed by atoms with Gasteiger partial charge in [-0.3, -0.25) is 9.59 Å². The van der Waals surface area contributed by atoms with Gasteiger partial charge in [0, 0.05) is 31.0 Å². The Morgan fingerprint density at radius 2 is 1.71 bits per heavy atom. The number of rotatable bonds is 7. The highest BCUT2D eigenvalue weighted by molar-refractivity contribution is 5.97. The maximum absolute atomic E-state index is 13.7. The molecular weight excluding hydrogens is 446 g/mol. The lowest BCUT2D eigenvalue weighted by Crippen LogP contribution is -2.58. The highest BCUT2D eigenvalue weighted by atomic mass is 16.5. The Hall–Kier alpha value is -3.75. The van der Waals surface area contributed by atoms with E-state index in [0.717, 1.165) is 17.9 Å². The number of benzene rings is 2. The van der Waals surface area contributed by atoms with Crippen molar-refractivity contribution in [3.05, 3.63) is 54.6 Å². The lowest BCUT2D eigenvalue weighted by atomic mass is 9.85. The van der Waals surface area contributed by atoms with Crippen LogP contribution in [0.3, 0.4) is 0 Å². The van der Waals surface area contributed by atoms with Gasteiger partial charge in [0.15, 0.2) is 0 Å². The SMILES string of the molecule is CCCNC(=O)CN1CN(c2ccccc2)C2(CCN(C(=O)Nc3ccc(OC)cc3)CC2)C1=O. The Kier molecular flexibility index (Phi) is 7.43. The molecule has 0 bridgehead atoms. The second-order valence-electron chi connectivity index (χ2n) is 8.94. The minimum Gasteiger partial charge on any atom is -0.497 e. The molecule has 2 N–H and O–H groups in total. The standard InChI is InChI=1S/C26H33N5O4/c1-3-15-27-23(32)18-30-19-31(21-7-5-4-6-8-21)26(24(30)33)13-16-29(17-14-26)25(34)28-20-9-11-22(35-2)12-10-20/h4-12H,3,13-19H2,1-2H3,(H,27,32)(H,28,34). The summed E-state index contributed by atoms with van der Waals surface area (Å²) in [5, 5.41) is 5.78. The molecule has 2 aromatic rings. The zero-order chi connectivity index (χ0) is 24.8. The quantitative estimate of drug-likeness (QED) is 0.637. The number of hydrogen-bond acceptors (Lipinski definition) is 5. The van der Waals surface area contributed by atoms with Crippen molar-refractivity contribution >= 4 is 29.2 Å². The molecule has 0 radical (unpaired) electrons. The number of urea groups is 1. The number of hydrogen-bond donors (Lipinski definition) is 2. The van der Waals surface area contributed by atoms with E-state index in [1.165, 1.54) is 0 Å². The van der Waals surface area contributed by atoms with E-state index in [1.807, 2.05) is 37.3 Å². The first-order valence-corrected chi connectivity index (χ1v) is 12.1. The number of piperidine rings is 1. The van der Waals surface area contributed by atoms with E-state index in [2.05, 4.69) is 15.5 Å². The lowest BCUT2D eigenvalue weighted by molar-refractivity contribution is -0.137. The molecular formula is C26H33N5O4. The third-order valence-electron chi connectivity index (χ3n) is 6.71. The highest BCUT2D eigenvalue weighted by Gasteiger charge is 2.54. The summed E-state index contributed by atoms with van der Waals surface area (Å²) in [6.45, 7) is 3.84. The number of para-hydroxylation sites is 1. The maximum Gasteiger partial charge on any atom is 0.321 e. The van der Waals surface area contributed by atoms with Crippen LogP contribution < -0.4 is 20.3 Å². The zero-order valence-corrected chi connectivity index (χ0v) is 20.3. The van der Waals surface area contributed by atoms with Crippen LogP contribution in [0.2, 0.25) is 0 Å². The summed E-state index contributed by atoms with van der Waals surface area (Å²) in [5.41, 5.74) is 0.847. The number of carbonyl (C=O) groups excluding carboxylic acids is 3. The smallest absolute Gasteiger partial charge is 0.321 e. The molecule has 35 heavy (non-hydrogen) atoms. The fourth-order valence-electron chi connectivity index (χ4n) is 4.77. The van der Waals surface area contributed by atoms with E-state index in [9.17, 15) is 14.4 Å². The minimum absolute atomic E-state index is 0.0333. The third-order valence-corrected chi connectivity index (χ3v) is 6.71. The molecule has 2 heterocycles. The molecule has 1 spiro atoms. The first-order chi connectivity index (χ1) is 17.0. The fraction of sp³-hybridized carbons (Fsp3) is 0.423. The topological polar surface area (TPSA) is 94.2 Å². The van der Waals surface area contributed by atoms with E-state index in [0.29, 0.717) is 44.8 Å². The van der Waals surface area contributed by atoms with Gasteiger partial charge in [-0.05, 0) is 55.7 Å². The van der Waals surface area contributed by atoms with Crippen LogP contribution in [-0.2, 0) is 9.59 Å². The van der Waals surface area contributed by atoms with Gasteiger partial charge >= 0.3 is 6.03 Å². The molecule has 0 aromatic heterocycles. The zero-order valence-electron chi connectivity index (χ0n) is 20.3. The number of methoxy groups -OCH3 is 1. The predicted molar refractivity (Wildman–Crippen MR) is 134 cm³/mol. The Balaban J connectivity index is 1.47. The van der Waals surface area contributed by atoms with E-state index in [4.69, 9.17) is 4.74 Å². The number of likely N-dealkylation sites (tertiary alicyclic amines) is 1. The van der Waals surface area contributed by atoms with Crippen molar-refractivity contribution in [3.63, 3.8) is 0 Å². The van der Waals surface area contributed by atoms with E-state index in [1.54, 1.807) is 41.2 Å². The maximum atomic E-state index is 13.7. The number of nitrogens with zero attached hydrogens (tertiary/aromatic N) is 3. The average Bonchev–Trinajstić information content (AvgIpc) is 3.14. The van der Waals surface area contributed by atoms with Gasteiger partial charge in [-0.25, -0.2) is 4.79 Å². The average molecular weight is 480 g/mol. The molecule has 0 aliphatic carbocycles. The summed E-state index contributed by atoms with van der Waals surface area (Å²) >= 11 is 0. The lowest BCUT2D eigenvalue weighted by Gasteiger charge is -2.43. The van der Waals surface area contributed by atoms with Crippen LogP contribution >= 0.6 is 0 Å². The molecule has 0 saturated carbocycles. The van der Waals surface area contributed by atoms with Gasteiger partial charge in [-0.2, -0.15) is 0 Å². The van der Waals surface area contributed by atoms with Crippen molar-refractivity contribution in [2.75, 3.05) is 50.2 Å². The molecule has 186 valence electrons. The van der Waals surface area contributed by atoms with Crippen LogP contribution in [0.4, 0.5) is 16.2 Å². The monoisotopic (exact) mass is 479 g/mol. The second kappa shape index (κ2) is 10.7. The summed E-state index contributed by atoms with van der Waals surface area (Å²) in [7, 11) is 1.60. The van der Waals surface area contributed by atoms with Gasteiger partial charge in [-0.1, -0.05) is 25.1 Å². The summed E-state index contributed by atoms with van der Waals surface area (Å²) in [6.07, 6.45) is 1.82. The predicted octanol–water partition coefficient (Wildman–Crippen LogP) is 2.89. The summed E-state index contributed by atoms with van der Waals surface area (Å²) in [5.74, 6) is 0.515. The highest BCUT2D eigenvalue weighted by Crippen LogP contribution is 2.39. The van der Waals surface area contributed by atoms with E-state index >= 15 is 0 Å².